The van der Waals surface area contributed by atoms with E-state index in [1.165, 1.54) is 10.7 Å². The van der Waals surface area contributed by atoms with Crippen molar-refractivity contribution in [3.8, 4) is 0 Å². The maximum atomic E-state index is 12.6. The summed E-state index contributed by atoms with van der Waals surface area (Å²) in [7, 11) is -1.62. The fraction of sp³-hybridized carbons (Fsp3) is 0.647. The number of rotatable bonds is 8. The van der Waals surface area contributed by atoms with Crippen LogP contribution in [-0.2, 0) is 21.6 Å². The Balaban J connectivity index is 1.40. The molecule has 2 atom stereocenters. The SMILES string of the molecule is CN(CCCOCc1ccccc1)S(=O)(=O)N1C[C@H]2CC[C@H]1C2. The third-order valence-corrected chi connectivity index (χ3v) is 6.93. The standard InChI is InChI=1S/C17H26N2O3S/c1-18(10-5-11-22-14-15-6-3-2-4-7-15)23(20,21)19-13-16-8-9-17(19)12-16/h2-4,6-7,16-17H,5,8-14H2,1H3/t16-,17-/m0/s1. The first-order valence-corrected chi connectivity index (χ1v) is 9.82. The van der Waals surface area contributed by atoms with Crippen molar-refractivity contribution < 1.29 is 13.2 Å². The molecule has 1 saturated carbocycles. The van der Waals surface area contributed by atoms with E-state index in [0.717, 1.165) is 18.4 Å². The highest BCUT2D eigenvalue weighted by atomic mass is 32.2. The van der Waals surface area contributed by atoms with E-state index in [0.29, 0.717) is 38.6 Å². The molecular formula is C17H26N2O3S. The Morgan fingerprint density at radius 1 is 1.26 bits per heavy atom. The fourth-order valence-corrected chi connectivity index (χ4v) is 5.30. The molecule has 23 heavy (non-hydrogen) atoms. The highest BCUT2D eigenvalue weighted by Gasteiger charge is 2.44. The predicted octanol–water partition coefficient (Wildman–Crippen LogP) is 2.25. The van der Waals surface area contributed by atoms with Crippen LogP contribution in [0.4, 0.5) is 0 Å². The molecule has 2 bridgehead atoms. The number of nitrogens with zero attached hydrogens (tertiary/aromatic N) is 2. The molecule has 3 rings (SSSR count). The molecule has 0 unspecified atom stereocenters. The minimum atomic E-state index is -3.30. The van der Waals surface area contributed by atoms with E-state index in [-0.39, 0.29) is 6.04 Å². The average molecular weight is 338 g/mol. The number of fused-ring (bicyclic) bond motifs is 2. The van der Waals surface area contributed by atoms with Crippen LogP contribution in [0.25, 0.3) is 0 Å². The van der Waals surface area contributed by atoms with Crippen LogP contribution in [0, 0.1) is 5.92 Å². The van der Waals surface area contributed by atoms with Crippen molar-refractivity contribution in [2.45, 2.75) is 38.3 Å². The van der Waals surface area contributed by atoms with Crippen LogP contribution in [0.5, 0.6) is 0 Å². The van der Waals surface area contributed by atoms with Crippen molar-refractivity contribution in [1.29, 1.82) is 0 Å². The van der Waals surface area contributed by atoms with Crippen LogP contribution in [0.15, 0.2) is 30.3 Å². The van der Waals surface area contributed by atoms with Crippen LogP contribution < -0.4 is 0 Å². The first-order chi connectivity index (χ1) is 11.1. The molecule has 1 aromatic rings. The van der Waals surface area contributed by atoms with Crippen LogP contribution in [-0.4, -0.2) is 49.8 Å². The van der Waals surface area contributed by atoms with E-state index >= 15 is 0 Å². The molecule has 0 amide bonds. The summed E-state index contributed by atoms with van der Waals surface area (Å²) in [4.78, 5) is 0. The Kier molecular flexibility index (Phi) is 5.36. The van der Waals surface area contributed by atoms with Gasteiger partial charge in [-0.1, -0.05) is 30.3 Å². The summed E-state index contributed by atoms with van der Waals surface area (Å²) in [5, 5.41) is 0. The number of ether oxygens (including phenoxy) is 1. The second-order valence-electron chi connectivity index (χ2n) is 6.62. The van der Waals surface area contributed by atoms with Crippen molar-refractivity contribution in [3.63, 3.8) is 0 Å². The summed E-state index contributed by atoms with van der Waals surface area (Å²) in [6, 6.07) is 10.2. The van der Waals surface area contributed by atoms with E-state index in [1.54, 1.807) is 11.4 Å². The molecule has 0 aromatic heterocycles. The number of benzene rings is 1. The highest BCUT2D eigenvalue weighted by molar-refractivity contribution is 7.86. The maximum absolute atomic E-state index is 12.6. The third-order valence-electron chi connectivity index (χ3n) is 4.92. The van der Waals surface area contributed by atoms with Gasteiger partial charge in [0.15, 0.2) is 0 Å². The highest BCUT2D eigenvalue weighted by Crippen LogP contribution is 2.39. The van der Waals surface area contributed by atoms with Gasteiger partial charge in [0.05, 0.1) is 6.61 Å². The largest absolute Gasteiger partial charge is 0.377 e. The molecule has 2 fully saturated rings. The summed E-state index contributed by atoms with van der Waals surface area (Å²) < 4.78 is 34.1. The Hall–Kier alpha value is -0.950. The van der Waals surface area contributed by atoms with Gasteiger partial charge < -0.3 is 4.74 Å². The molecule has 128 valence electrons. The summed E-state index contributed by atoms with van der Waals surface area (Å²) in [6.45, 7) is 2.36. The molecule has 0 spiro atoms. The molecule has 0 radical (unpaired) electrons. The molecule has 1 aliphatic carbocycles. The third kappa shape index (κ3) is 3.94. The van der Waals surface area contributed by atoms with Gasteiger partial charge in [0, 0.05) is 32.8 Å². The Bertz CT molecular complexity index is 606. The normalized spacial score (nSPS) is 24.6. The van der Waals surface area contributed by atoms with Gasteiger partial charge in [-0.15, -0.1) is 0 Å². The Morgan fingerprint density at radius 2 is 2.04 bits per heavy atom. The zero-order valence-electron chi connectivity index (χ0n) is 13.7. The molecule has 1 heterocycles. The molecule has 6 heteroatoms. The minimum Gasteiger partial charge on any atom is -0.377 e. The monoisotopic (exact) mass is 338 g/mol. The van der Waals surface area contributed by atoms with Gasteiger partial charge in [0.25, 0.3) is 10.2 Å². The lowest BCUT2D eigenvalue weighted by molar-refractivity contribution is 0.115. The summed E-state index contributed by atoms with van der Waals surface area (Å²) >= 11 is 0. The van der Waals surface area contributed by atoms with Gasteiger partial charge in [-0.25, -0.2) is 0 Å². The van der Waals surface area contributed by atoms with Gasteiger partial charge in [-0.2, -0.15) is 17.0 Å². The summed E-state index contributed by atoms with van der Waals surface area (Å²) in [5.74, 6) is 0.581. The average Bonchev–Trinajstić information content (AvgIpc) is 3.18. The molecule has 1 saturated heterocycles. The second-order valence-corrected chi connectivity index (χ2v) is 8.61. The smallest absolute Gasteiger partial charge is 0.281 e. The minimum absolute atomic E-state index is 0.238. The van der Waals surface area contributed by atoms with E-state index in [4.69, 9.17) is 4.74 Å². The molecule has 2 aliphatic rings. The first-order valence-electron chi connectivity index (χ1n) is 8.42. The van der Waals surface area contributed by atoms with Crippen LogP contribution in [0.1, 0.15) is 31.2 Å². The summed E-state index contributed by atoms with van der Waals surface area (Å²) in [6.07, 6.45) is 3.98. The van der Waals surface area contributed by atoms with E-state index in [2.05, 4.69) is 0 Å². The summed E-state index contributed by atoms with van der Waals surface area (Å²) in [5.41, 5.74) is 1.14. The predicted molar refractivity (Wildman–Crippen MR) is 90.1 cm³/mol. The zero-order valence-corrected chi connectivity index (χ0v) is 14.5. The number of hydrogen-bond donors (Lipinski definition) is 0. The molecule has 5 nitrogen and oxygen atoms in total. The number of piperidine rings is 1. The van der Waals surface area contributed by atoms with Crippen LogP contribution >= 0.6 is 0 Å². The second kappa shape index (κ2) is 7.30. The topological polar surface area (TPSA) is 49.9 Å². The van der Waals surface area contributed by atoms with Gasteiger partial charge in [0.1, 0.15) is 0 Å². The van der Waals surface area contributed by atoms with Gasteiger partial charge in [-0.05, 0) is 37.2 Å². The van der Waals surface area contributed by atoms with Crippen LogP contribution in [0.3, 0.4) is 0 Å². The quantitative estimate of drug-likeness (QED) is 0.683. The molecule has 1 aliphatic heterocycles. The van der Waals surface area contributed by atoms with Crippen molar-refractivity contribution >= 4 is 10.2 Å². The maximum Gasteiger partial charge on any atom is 0.281 e. The Labute approximate surface area is 139 Å². The van der Waals surface area contributed by atoms with E-state index in [9.17, 15) is 8.42 Å². The van der Waals surface area contributed by atoms with Crippen LogP contribution in [0.2, 0.25) is 0 Å². The molecule has 1 aromatic carbocycles. The van der Waals surface area contributed by atoms with Gasteiger partial charge >= 0.3 is 0 Å². The van der Waals surface area contributed by atoms with Crippen molar-refractivity contribution in [1.82, 2.24) is 8.61 Å². The molecule has 0 N–H and O–H groups in total. The van der Waals surface area contributed by atoms with Gasteiger partial charge in [0.2, 0.25) is 0 Å². The lowest BCUT2D eigenvalue weighted by Gasteiger charge is -2.30. The van der Waals surface area contributed by atoms with Gasteiger partial charge in [-0.3, -0.25) is 0 Å². The lowest BCUT2D eigenvalue weighted by atomic mass is 10.1. The van der Waals surface area contributed by atoms with Crippen molar-refractivity contribution in [2.24, 2.45) is 5.92 Å². The fourth-order valence-electron chi connectivity index (χ4n) is 3.61. The van der Waals surface area contributed by atoms with Crippen molar-refractivity contribution in [2.75, 3.05) is 26.7 Å². The zero-order chi connectivity index (χ0) is 16.3. The van der Waals surface area contributed by atoms with E-state index < -0.39 is 10.2 Å². The van der Waals surface area contributed by atoms with E-state index in [1.807, 2.05) is 30.3 Å². The lowest BCUT2D eigenvalue weighted by Crippen LogP contribution is -2.46. The Morgan fingerprint density at radius 3 is 2.70 bits per heavy atom. The first kappa shape index (κ1) is 16.9. The number of hydrogen-bond acceptors (Lipinski definition) is 3. The van der Waals surface area contributed by atoms with Crippen molar-refractivity contribution in [3.05, 3.63) is 35.9 Å². The molecular weight excluding hydrogens is 312 g/mol.